The predicted octanol–water partition coefficient (Wildman–Crippen LogP) is 1.40. The monoisotopic (exact) mass is 290 g/mol. The molecule has 0 amide bonds. The summed E-state index contributed by atoms with van der Waals surface area (Å²) < 4.78 is 24.6. The molecule has 0 heterocycles. The van der Waals surface area contributed by atoms with E-state index >= 15 is 0 Å². The molecule has 21 heavy (non-hydrogen) atoms. The smallest absolute Gasteiger partial charge is 0.488 e. The summed E-state index contributed by atoms with van der Waals surface area (Å²) in [5.41, 5.74) is 1.46. The predicted molar refractivity (Wildman–Crippen MR) is 78.3 cm³/mol. The molecule has 0 fully saturated rings. The van der Waals surface area contributed by atoms with Gasteiger partial charge in [0.05, 0.1) is 7.11 Å². The van der Waals surface area contributed by atoms with Crippen LogP contribution in [0.3, 0.4) is 0 Å². The van der Waals surface area contributed by atoms with Crippen LogP contribution in [0.5, 0.6) is 11.5 Å². The number of methoxy groups -OCH3 is 1. The maximum atomic E-state index is 13.8. The third-order valence-electron chi connectivity index (χ3n) is 3.08. The second-order valence-corrected chi connectivity index (χ2v) is 4.67. The fourth-order valence-corrected chi connectivity index (χ4v) is 1.89. The van der Waals surface area contributed by atoms with Gasteiger partial charge in [0.15, 0.2) is 11.5 Å². The van der Waals surface area contributed by atoms with Gasteiger partial charge in [-0.2, -0.15) is 0 Å². The Morgan fingerprint density at radius 2 is 1.86 bits per heavy atom. The first kappa shape index (κ1) is 15.3. The van der Waals surface area contributed by atoms with E-state index < -0.39 is 12.9 Å². The van der Waals surface area contributed by atoms with Crippen LogP contribution in [0.15, 0.2) is 36.4 Å². The number of ether oxygens (including phenoxy) is 2. The largest absolute Gasteiger partial charge is 0.493 e. The highest BCUT2D eigenvalue weighted by Crippen LogP contribution is 2.28. The van der Waals surface area contributed by atoms with Crippen LogP contribution in [0, 0.1) is 12.7 Å². The van der Waals surface area contributed by atoms with Crippen LogP contribution >= 0.6 is 0 Å². The second kappa shape index (κ2) is 6.60. The van der Waals surface area contributed by atoms with Gasteiger partial charge >= 0.3 is 7.12 Å². The van der Waals surface area contributed by atoms with E-state index in [0.717, 1.165) is 11.6 Å². The summed E-state index contributed by atoms with van der Waals surface area (Å²) >= 11 is 0. The normalized spacial score (nSPS) is 10.3. The molecule has 6 heteroatoms. The Morgan fingerprint density at radius 1 is 1.10 bits per heavy atom. The average Bonchev–Trinajstić information content (AvgIpc) is 2.46. The van der Waals surface area contributed by atoms with Gasteiger partial charge in [-0.05, 0) is 36.1 Å². The molecule has 0 aromatic heterocycles. The number of hydrogen-bond acceptors (Lipinski definition) is 4. The molecule has 2 aromatic rings. The summed E-state index contributed by atoms with van der Waals surface area (Å²) in [6.45, 7) is 1.96. The molecule has 0 saturated carbocycles. The molecule has 0 radical (unpaired) electrons. The van der Waals surface area contributed by atoms with Gasteiger partial charge in [-0.25, -0.2) is 4.39 Å². The first-order valence-corrected chi connectivity index (χ1v) is 6.43. The standard InChI is InChI=1S/C15H16BFO4/c1-10-3-6-14(15(7-10)20-2)21-9-11-4-5-12(16(18)19)8-13(11)17/h3-8,18-19H,9H2,1-2H3. The highest BCUT2D eigenvalue weighted by atomic mass is 19.1. The Morgan fingerprint density at radius 3 is 2.48 bits per heavy atom. The number of aryl methyl sites for hydroxylation is 1. The van der Waals surface area contributed by atoms with Crippen molar-refractivity contribution in [3.8, 4) is 11.5 Å². The van der Waals surface area contributed by atoms with E-state index in [1.807, 2.05) is 19.1 Å². The van der Waals surface area contributed by atoms with Crippen molar-refractivity contribution in [3.63, 3.8) is 0 Å². The lowest BCUT2D eigenvalue weighted by atomic mass is 9.80. The summed E-state index contributed by atoms with van der Waals surface area (Å²) in [6, 6.07) is 9.45. The van der Waals surface area contributed by atoms with E-state index in [2.05, 4.69) is 0 Å². The van der Waals surface area contributed by atoms with E-state index in [1.54, 1.807) is 13.2 Å². The molecule has 0 aliphatic heterocycles. The molecule has 2 aromatic carbocycles. The van der Waals surface area contributed by atoms with E-state index in [1.165, 1.54) is 12.1 Å². The van der Waals surface area contributed by atoms with Crippen molar-refractivity contribution in [2.45, 2.75) is 13.5 Å². The van der Waals surface area contributed by atoms with Crippen molar-refractivity contribution in [2.24, 2.45) is 0 Å². The van der Waals surface area contributed by atoms with Gasteiger partial charge in [-0.1, -0.05) is 18.2 Å². The molecule has 0 bridgehead atoms. The summed E-state index contributed by atoms with van der Waals surface area (Å²) in [5.74, 6) is 0.554. The van der Waals surface area contributed by atoms with Crippen molar-refractivity contribution in [2.75, 3.05) is 7.11 Å². The Labute approximate surface area is 122 Å². The molecular formula is C15H16BFO4. The van der Waals surface area contributed by atoms with E-state index in [-0.39, 0.29) is 12.1 Å². The molecule has 110 valence electrons. The molecule has 0 spiro atoms. The zero-order valence-electron chi connectivity index (χ0n) is 11.8. The number of halogens is 1. The minimum absolute atomic E-state index is 0.0209. The fraction of sp³-hybridized carbons (Fsp3) is 0.200. The minimum Gasteiger partial charge on any atom is -0.493 e. The van der Waals surface area contributed by atoms with Crippen molar-refractivity contribution in [3.05, 3.63) is 53.3 Å². The maximum Gasteiger partial charge on any atom is 0.488 e. The zero-order valence-corrected chi connectivity index (χ0v) is 11.8. The van der Waals surface area contributed by atoms with Gasteiger partial charge in [0, 0.05) is 5.56 Å². The van der Waals surface area contributed by atoms with Crippen LogP contribution in [-0.4, -0.2) is 24.3 Å². The summed E-state index contributed by atoms with van der Waals surface area (Å²) in [5, 5.41) is 18.0. The highest BCUT2D eigenvalue weighted by molar-refractivity contribution is 6.58. The Kier molecular flexibility index (Phi) is 4.83. The van der Waals surface area contributed by atoms with Gasteiger partial charge in [-0.3, -0.25) is 0 Å². The molecule has 2 N–H and O–H groups in total. The van der Waals surface area contributed by atoms with Gasteiger partial charge < -0.3 is 19.5 Å². The van der Waals surface area contributed by atoms with Crippen LogP contribution in [0.25, 0.3) is 0 Å². The molecular weight excluding hydrogens is 274 g/mol. The first-order chi connectivity index (χ1) is 10.0. The Hall–Kier alpha value is -2.05. The van der Waals surface area contributed by atoms with E-state index in [4.69, 9.17) is 19.5 Å². The Balaban J connectivity index is 2.13. The number of benzene rings is 2. The van der Waals surface area contributed by atoms with E-state index in [0.29, 0.717) is 17.1 Å². The molecule has 0 saturated heterocycles. The third-order valence-corrected chi connectivity index (χ3v) is 3.08. The fourth-order valence-electron chi connectivity index (χ4n) is 1.89. The van der Waals surface area contributed by atoms with E-state index in [9.17, 15) is 4.39 Å². The molecule has 2 rings (SSSR count). The Bertz CT molecular complexity index is 631. The lowest BCUT2D eigenvalue weighted by molar-refractivity contribution is 0.279. The van der Waals surface area contributed by atoms with Crippen LogP contribution in [-0.2, 0) is 6.61 Å². The average molecular weight is 290 g/mol. The highest BCUT2D eigenvalue weighted by Gasteiger charge is 2.14. The van der Waals surface area contributed by atoms with Crippen LogP contribution in [0.4, 0.5) is 4.39 Å². The van der Waals surface area contributed by atoms with Gasteiger partial charge in [0.2, 0.25) is 0 Å². The third kappa shape index (κ3) is 3.74. The summed E-state index contributed by atoms with van der Waals surface area (Å²) in [6.07, 6.45) is 0. The lowest BCUT2D eigenvalue weighted by Crippen LogP contribution is -2.30. The van der Waals surface area contributed by atoms with Crippen molar-refractivity contribution in [1.29, 1.82) is 0 Å². The molecule has 4 nitrogen and oxygen atoms in total. The molecule has 0 unspecified atom stereocenters. The maximum absolute atomic E-state index is 13.8. The molecule has 0 aliphatic rings. The lowest BCUT2D eigenvalue weighted by Gasteiger charge is -2.12. The summed E-state index contributed by atoms with van der Waals surface area (Å²) in [4.78, 5) is 0. The van der Waals surface area contributed by atoms with Crippen molar-refractivity contribution < 1.29 is 23.9 Å². The van der Waals surface area contributed by atoms with Crippen LogP contribution < -0.4 is 14.9 Å². The quantitative estimate of drug-likeness (QED) is 0.817. The van der Waals surface area contributed by atoms with Gasteiger partial charge in [0.25, 0.3) is 0 Å². The zero-order chi connectivity index (χ0) is 15.4. The first-order valence-electron chi connectivity index (χ1n) is 6.43. The molecule has 0 aliphatic carbocycles. The van der Waals surface area contributed by atoms with Crippen LogP contribution in [0.2, 0.25) is 0 Å². The number of hydrogen-bond donors (Lipinski definition) is 2. The minimum atomic E-state index is -1.69. The van der Waals surface area contributed by atoms with Crippen molar-refractivity contribution >= 4 is 12.6 Å². The van der Waals surface area contributed by atoms with Gasteiger partial charge in [-0.15, -0.1) is 0 Å². The SMILES string of the molecule is COc1cc(C)ccc1OCc1ccc(B(O)O)cc1F. The van der Waals surface area contributed by atoms with Crippen LogP contribution in [0.1, 0.15) is 11.1 Å². The van der Waals surface area contributed by atoms with Crippen molar-refractivity contribution in [1.82, 2.24) is 0 Å². The topological polar surface area (TPSA) is 58.9 Å². The number of rotatable bonds is 5. The second-order valence-electron chi connectivity index (χ2n) is 4.67. The summed E-state index contributed by atoms with van der Waals surface area (Å²) in [7, 11) is -0.147. The molecule has 0 atom stereocenters. The van der Waals surface area contributed by atoms with Gasteiger partial charge in [0.1, 0.15) is 12.4 Å².